The van der Waals surface area contributed by atoms with E-state index < -0.39 is 0 Å². The Morgan fingerprint density at radius 1 is 1.18 bits per heavy atom. The molecule has 0 amide bonds. The van der Waals surface area contributed by atoms with Gasteiger partial charge in [0.05, 0.1) is 17.3 Å². The van der Waals surface area contributed by atoms with E-state index in [2.05, 4.69) is 4.98 Å². The van der Waals surface area contributed by atoms with Gasteiger partial charge < -0.3 is 9.84 Å². The molecule has 0 saturated carbocycles. The quantitative estimate of drug-likeness (QED) is 0.925. The van der Waals surface area contributed by atoms with E-state index >= 15 is 0 Å². The van der Waals surface area contributed by atoms with Crippen LogP contribution in [0.15, 0.2) is 36.5 Å². The summed E-state index contributed by atoms with van der Waals surface area (Å²) in [6.45, 7) is -0.133. The third-order valence-corrected chi connectivity index (χ3v) is 2.60. The van der Waals surface area contributed by atoms with Crippen LogP contribution >= 0.6 is 23.2 Å². The van der Waals surface area contributed by atoms with E-state index in [0.717, 1.165) is 0 Å². The fraction of sp³-hybridized carbons (Fsp3) is 0.0833. The molecule has 1 aromatic heterocycles. The second-order valence-corrected chi connectivity index (χ2v) is 4.16. The number of hydrogen-bond donors (Lipinski definition) is 1. The molecule has 1 N–H and O–H groups in total. The van der Waals surface area contributed by atoms with Crippen molar-refractivity contribution in [2.45, 2.75) is 6.61 Å². The highest BCUT2D eigenvalue weighted by Crippen LogP contribution is 2.31. The second kappa shape index (κ2) is 5.36. The molecule has 0 spiro atoms. The monoisotopic (exact) mass is 269 g/mol. The summed E-state index contributed by atoms with van der Waals surface area (Å²) < 4.78 is 5.56. The number of rotatable bonds is 3. The zero-order valence-corrected chi connectivity index (χ0v) is 10.2. The standard InChI is InChI=1S/C12H9Cl2NO2/c13-8-1-2-12(11(14)5-8)17-10-3-4-15-9(6-10)7-16/h1-6,16H,7H2. The molecule has 0 unspecified atom stereocenters. The summed E-state index contributed by atoms with van der Waals surface area (Å²) in [6, 6.07) is 8.31. The van der Waals surface area contributed by atoms with Crippen LogP contribution in [0.2, 0.25) is 10.0 Å². The van der Waals surface area contributed by atoms with Gasteiger partial charge in [0.15, 0.2) is 0 Å². The van der Waals surface area contributed by atoms with Gasteiger partial charge >= 0.3 is 0 Å². The van der Waals surface area contributed by atoms with E-state index in [1.54, 1.807) is 36.5 Å². The Morgan fingerprint density at radius 3 is 2.71 bits per heavy atom. The molecule has 88 valence electrons. The minimum Gasteiger partial charge on any atom is -0.456 e. The van der Waals surface area contributed by atoms with Crippen LogP contribution in [0.1, 0.15) is 5.69 Å². The van der Waals surface area contributed by atoms with Gasteiger partial charge in [0.1, 0.15) is 11.5 Å². The van der Waals surface area contributed by atoms with Crippen LogP contribution < -0.4 is 4.74 Å². The summed E-state index contributed by atoms with van der Waals surface area (Å²) in [6.07, 6.45) is 1.56. The highest BCUT2D eigenvalue weighted by atomic mass is 35.5. The largest absolute Gasteiger partial charge is 0.456 e. The maximum Gasteiger partial charge on any atom is 0.146 e. The minimum absolute atomic E-state index is 0.133. The normalized spacial score (nSPS) is 10.3. The Labute approximate surface area is 109 Å². The van der Waals surface area contributed by atoms with Gasteiger partial charge in [-0.25, -0.2) is 0 Å². The summed E-state index contributed by atoms with van der Waals surface area (Å²) in [5, 5.41) is 9.94. The second-order valence-electron chi connectivity index (χ2n) is 3.32. The molecule has 2 rings (SSSR count). The molecule has 0 aliphatic rings. The van der Waals surface area contributed by atoms with Crippen LogP contribution in [-0.4, -0.2) is 10.1 Å². The van der Waals surface area contributed by atoms with Crippen molar-refractivity contribution in [2.75, 3.05) is 0 Å². The number of hydrogen-bond acceptors (Lipinski definition) is 3. The van der Waals surface area contributed by atoms with Crippen molar-refractivity contribution in [1.29, 1.82) is 0 Å². The number of ether oxygens (including phenoxy) is 1. The molecule has 2 aromatic rings. The van der Waals surface area contributed by atoms with Crippen molar-refractivity contribution in [2.24, 2.45) is 0 Å². The Kier molecular flexibility index (Phi) is 3.84. The Bertz CT molecular complexity index is 532. The predicted octanol–water partition coefficient (Wildman–Crippen LogP) is 3.67. The topological polar surface area (TPSA) is 42.4 Å². The fourth-order valence-electron chi connectivity index (χ4n) is 1.29. The van der Waals surface area contributed by atoms with Gasteiger partial charge in [-0.1, -0.05) is 23.2 Å². The minimum atomic E-state index is -0.133. The first-order valence-electron chi connectivity index (χ1n) is 4.88. The lowest BCUT2D eigenvalue weighted by Crippen LogP contribution is -1.91. The van der Waals surface area contributed by atoms with E-state index in [0.29, 0.717) is 27.2 Å². The van der Waals surface area contributed by atoms with Gasteiger partial charge in [0.25, 0.3) is 0 Å². The van der Waals surface area contributed by atoms with Gasteiger partial charge in [0, 0.05) is 17.3 Å². The smallest absolute Gasteiger partial charge is 0.146 e. The number of aliphatic hydroxyl groups is 1. The van der Waals surface area contributed by atoms with E-state index in [4.69, 9.17) is 33.0 Å². The number of pyridine rings is 1. The number of benzene rings is 1. The maximum absolute atomic E-state index is 8.96. The van der Waals surface area contributed by atoms with Gasteiger partial charge in [-0.15, -0.1) is 0 Å². The summed E-state index contributed by atoms with van der Waals surface area (Å²) in [5.41, 5.74) is 0.535. The molecule has 3 nitrogen and oxygen atoms in total. The molecule has 0 bridgehead atoms. The van der Waals surface area contributed by atoms with Crippen molar-refractivity contribution in [3.63, 3.8) is 0 Å². The van der Waals surface area contributed by atoms with Crippen LogP contribution in [0, 0.1) is 0 Å². The molecule has 0 aliphatic carbocycles. The van der Waals surface area contributed by atoms with Crippen LogP contribution in [-0.2, 0) is 6.61 Å². The first-order chi connectivity index (χ1) is 8.19. The summed E-state index contributed by atoms with van der Waals surface area (Å²) in [4.78, 5) is 3.95. The summed E-state index contributed by atoms with van der Waals surface area (Å²) >= 11 is 11.8. The molecular formula is C12H9Cl2NO2. The van der Waals surface area contributed by atoms with Gasteiger partial charge in [-0.05, 0) is 24.3 Å². The average molecular weight is 270 g/mol. The molecule has 5 heteroatoms. The van der Waals surface area contributed by atoms with Crippen molar-refractivity contribution in [3.05, 3.63) is 52.3 Å². The highest BCUT2D eigenvalue weighted by molar-refractivity contribution is 6.35. The number of aliphatic hydroxyl groups excluding tert-OH is 1. The van der Waals surface area contributed by atoms with Crippen LogP contribution in [0.3, 0.4) is 0 Å². The van der Waals surface area contributed by atoms with E-state index in [1.165, 1.54) is 0 Å². The van der Waals surface area contributed by atoms with Crippen molar-refractivity contribution in [3.8, 4) is 11.5 Å². The van der Waals surface area contributed by atoms with Crippen molar-refractivity contribution in [1.82, 2.24) is 4.98 Å². The van der Waals surface area contributed by atoms with Crippen LogP contribution in [0.4, 0.5) is 0 Å². The third-order valence-electron chi connectivity index (χ3n) is 2.07. The number of aromatic nitrogens is 1. The molecule has 1 heterocycles. The average Bonchev–Trinajstić information content (AvgIpc) is 2.33. The van der Waals surface area contributed by atoms with Crippen molar-refractivity contribution >= 4 is 23.2 Å². The van der Waals surface area contributed by atoms with Gasteiger partial charge in [0.2, 0.25) is 0 Å². The van der Waals surface area contributed by atoms with E-state index in [9.17, 15) is 0 Å². The molecule has 0 aliphatic heterocycles. The molecule has 17 heavy (non-hydrogen) atoms. The lowest BCUT2D eigenvalue weighted by molar-refractivity contribution is 0.276. The lowest BCUT2D eigenvalue weighted by Gasteiger charge is -2.08. The SMILES string of the molecule is OCc1cc(Oc2ccc(Cl)cc2Cl)ccn1. The predicted molar refractivity (Wildman–Crippen MR) is 66.7 cm³/mol. The van der Waals surface area contributed by atoms with E-state index in [-0.39, 0.29) is 6.61 Å². The fourth-order valence-corrected chi connectivity index (χ4v) is 1.74. The van der Waals surface area contributed by atoms with Crippen LogP contribution in [0.25, 0.3) is 0 Å². The first-order valence-corrected chi connectivity index (χ1v) is 5.63. The zero-order chi connectivity index (χ0) is 12.3. The summed E-state index contributed by atoms with van der Waals surface area (Å²) in [5.74, 6) is 1.07. The van der Waals surface area contributed by atoms with Gasteiger partial charge in [-0.3, -0.25) is 4.98 Å². The molecule has 0 fully saturated rings. The van der Waals surface area contributed by atoms with Crippen molar-refractivity contribution < 1.29 is 9.84 Å². The highest BCUT2D eigenvalue weighted by Gasteiger charge is 2.04. The zero-order valence-electron chi connectivity index (χ0n) is 8.73. The van der Waals surface area contributed by atoms with Crippen LogP contribution in [0.5, 0.6) is 11.5 Å². The first kappa shape index (κ1) is 12.2. The number of halogens is 2. The molecule has 1 aromatic carbocycles. The number of nitrogens with zero attached hydrogens (tertiary/aromatic N) is 1. The Morgan fingerprint density at radius 2 is 2.00 bits per heavy atom. The lowest BCUT2D eigenvalue weighted by atomic mass is 10.3. The molecule has 0 radical (unpaired) electrons. The molecule has 0 atom stereocenters. The molecular weight excluding hydrogens is 261 g/mol. The maximum atomic E-state index is 8.96. The molecule has 0 saturated heterocycles. The van der Waals surface area contributed by atoms with Gasteiger partial charge in [-0.2, -0.15) is 0 Å². The third kappa shape index (κ3) is 3.09. The van der Waals surface area contributed by atoms with E-state index in [1.807, 2.05) is 0 Å². The summed E-state index contributed by atoms with van der Waals surface area (Å²) in [7, 11) is 0. The Balaban J connectivity index is 2.25. The Hall–Kier alpha value is -1.29.